The van der Waals surface area contributed by atoms with Gasteiger partial charge in [0.25, 0.3) is 0 Å². The molecule has 1 rings (SSSR count). The molecule has 23 heavy (non-hydrogen) atoms. The van der Waals surface area contributed by atoms with Crippen LogP contribution < -0.4 is 14.2 Å². The lowest BCUT2D eigenvalue weighted by Gasteiger charge is -2.14. The molecule has 8 nitrogen and oxygen atoms in total. The third kappa shape index (κ3) is 5.10. The Morgan fingerprint density at radius 2 is 1.39 bits per heavy atom. The number of hydrogen-bond acceptors (Lipinski definition) is 7. The first-order valence-corrected chi connectivity index (χ1v) is 6.79. The summed E-state index contributed by atoms with van der Waals surface area (Å²) in [6.45, 7) is 4.17. The van der Waals surface area contributed by atoms with Crippen molar-refractivity contribution >= 4 is 23.9 Å². The molecule has 1 N–H and O–H groups in total. The fourth-order valence-corrected chi connectivity index (χ4v) is 1.49. The van der Waals surface area contributed by atoms with Crippen molar-refractivity contribution < 1.29 is 38.5 Å². The van der Waals surface area contributed by atoms with E-state index in [0.717, 1.165) is 19.1 Å². The minimum absolute atomic E-state index is 0.0152. The minimum Gasteiger partial charge on any atom is -0.478 e. The molecule has 0 saturated heterocycles. The normalized spacial score (nSPS) is 9.87. The maximum Gasteiger partial charge on any atom is 0.335 e. The molecule has 0 fully saturated rings. The van der Waals surface area contributed by atoms with Crippen molar-refractivity contribution in [3.63, 3.8) is 0 Å². The van der Waals surface area contributed by atoms with Crippen molar-refractivity contribution in [2.24, 2.45) is 0 Å². The van der Waals surface area contributed by atoms with Gasteiger partial charge in [0.1, 0.15) is 0 Å². The van der Waals surface area contributed by atoms with Crippen LogP contribution >= 0.6 is 0 Å². The van der Waals surface area contributed by atoms with E-state index in [0.29, 0.717) is 0 Å². The fourth-order valence-electron chi connectivity index (χ4n) is 1.49. The predicted molar refractivity (Wildman–Crippen MR) is 76.6 cm³/mol. The van der Waals surface area contributed by atoms with Gasteiger partial charge in [-0.05, 0) is 12.1 Å². The molecule has 8 heteroatoms. The summed E-state index contributed by atoms with van der Waals surface area (Å²) in [6.07, 6.45) is 0.0305. The molecule has 0 saturated carbocycles. The highest BCUT2D eigenvalue weighted by molar-refractivity contribution is 5.91. The number of carboxylic acids is 1. The monoisotopic (exact) mass is 324 g/mol. The summed E-state index contributed by atoms with van der Waals surface area (Å²) >= 11 is 0. The average molecular weight is 324 g/mol. The Balaban J connectivity index is 3.48. The lowest BCUT2D eigenvalue weighted by Crippen LogP contribution is -2.14. The molecule has 0 bridgehead atoms. The highest BCUT2D eigenvalue weighted by Gasteiger charge is 2.23. The zero-order chi connectivity index (χ0) is 17.6. The molecule has 0 atom stereocenters. The molecule has 0 radical (unpaired) electrons. The molecular formula is C15H16O8. The van der Waals surface area contributed by atoms with E-state index in [4.69, 9.17) is 19.3 Å². The highest BCUT2D eigenvalue weighted by atomic mass is 16.6. The van der Waals surface area contributed by atoms with E-state index >= 15 is 0 Å². The van der Waals surface area contributed by atoms with Crippen LogP contribution in [0.1, 0.15) is 44.0 Å². The smallest absolute Gasteiger partial charge is 0.335 e. The van der Waals surface area contributed by atoms with Crippen molar-refractivity contribution in [3.05, 3.63) is 17.7 Å². The first-order valence-electron chi connectivity index (χ1n) is 6.79. The van der Waals surface area contributed by atoms with Gasteiger partial charge < -0.3 is 19.3 Å². The Kier molecular flexibility index (Phi) is 6.25. The Hall–Kier alpha value is -2.90. The van der Waals surface area contributed by atoms with Crippen molar-refractivity contribution in [2.45, 2.75) is 33.6 Å². The van der Waals surface area contributed by atoms with Crippen LogP contribution in [0.5, 0.6) is 17.2 Å². The van der Waals surface area contributed by atoms with Crippen LogP contribution in [0.4, 0.5) is 0 Å². The zero-order valence-electron chi connectivity index (χ0n) is 12.9. The van der Waals surface area contributed by atoms with Gasteiger partial charge in [-0.25, -0.2) is 4.79 Å². The molecule has 0 aromatic heterocycles. The van der Waals surface area contributed by atoms with Crippen LogP contribution in [0.3, 0.4) is 0 Å². The molecule has 0 amide bonds. The number of hydrogen-bond donors (Lipinski definition) is 1. The molecule has 124 valence electrons. The molecule has 1 aromatic rings. The number of benzene rings is 1. The van der Waals surface area contributed by atoms with Crippen molar-refractivity contribution in [3.8, 4) is 17.2 Å². The number of ether oxygens (including phenoxy) is 3. The maximum absolute atomic E-state index is 11.5. The number of carbonyl (C=O) groups is 4. The first-order chi connectivity index (χ1) is 10.8. The molecule has 1 aromatic carbocycles. The SMILES string of the molecule is CCC(=O)Oc1cc(C(=O)O)cc(OC(C)=O)c1OC(=O)CC. The minimum atomic E-state index is -1.33. The van der Waals surface area contributed by atoms with Crippen molar-refractivity contribution in [1.82, 2.24) is 0 Å². The highest BCUT2D eigenvalue weighted by Crippen LogP contribution is 2.39. The third-order valence-electron chi connectivity index (χ3n) is 2.54. The van der Waals surface area contributed by atoms with Gasteiger partial charge in [0.05, 0.1) is 5.56 Å². The molecule has 0 spiro atoms. The number of carbonyl (C=O) groups excluding carboxylic acids is 3. The van der Waals surface area contributed by atoms with Crippen LogP contribution in [0.25, 0.3) is 0 Å². The lowest BCUT2D eigenvalue weighted by atomic mass is 10.2. The van der Waals surface area contributed by atoms with E-state index in [2.05, 4.69) is 0 Å². The average Bonchev–Trinajstić information content (AvgIpc) is 2.48. The summed E-state index contributed by atoms with van der Waals surface area (Å²) in [4.78, 5) is 45.3. The maximum atomic E-state index is 11.5. The number of aromatic carboxylic acids is 1. The van der Waals surface area contributed by atoms with Crippen molar-refractivity contribution in [1.29, 1.82) is 0 Å². The second-order valence-electron chi connectivity index (χ2n) is 4.36. The van der Waals surface area contributed by atoms with Gasteiger partial charge in [0.15, 0.2) is 11.5 Å². The molecule has 0 unspecified atom stereocenters. The zero-order valence-corrected chi connectivity index (χ0v) is 12.9. The Labute approximate surface area is 131 Å². The first kappa shape index (κ1) is 18.1. The number of carboxylic acid groups (broad SMARTS) is 1. The predicted octanol–water partition coefficient (Wildman–Crippen LogP) is 1.94. The molecule has 0 aliphatic heterocycles. The van der Waals surface area contributed by atoms with Gasteiger partial charge in [-0.2, -0.15) is 0 Å². The Morgan fingerprint density at radius 3 is 1.83 bits per heavy atom. The second kappa shape index (κ2) is 7.92. The summed E-state index contributed by atoms with van der Waals surface area (Å²) in [5.41, 5.74) is -0.295. The van der Waals surface area contributed by atoms with Gasteiger partial charge in [-0.1, -0.05) is 13.8 Å². The molecule has 0 aliphatic rings. The van der Waals surface area contributed by atoms with Crippen LogP contribution in [0.15, 0.2) is 12.1 Å². The summed E-state index contributed by atoms with van der Waals surface area (Å²) in [6, 6.07) is 2.02. The van der Waals surface area contributed by atoms with Gasteiger partial charge in [0.2, 0.25) is 5.75 Å². The van der Waals surface area contributed by atoms with E-state index in [1.165, 1.54) is 13.8 Å². The van der Waals surface area contributed by atoms with Crippen LogP contribution in [0.2, 0.25) is 0 Å². The van der Waals surface area contributed by atoms with Gasteiger partial charge >= 0.3 is 23.9 Å². The fraction of sp³-hybridized carbons (Fsp3) is 0.333. The van der Waals surface area contributed by atoms with Crippen LogP contribution in [0, 0.1) is 0 Å². The molecule has 0 aliphatic carbocycles. The van der Waals surface area contributed by atoms with Gasteiger partial charge in [-0.15, -0.1) is 0 Å². The summed E-state index contributed by atoms with van der Waals surface area (Å²) in [5.74, 6) is -4.38. The molecular weight excluding hydrogens is 308 g/mol. The summed E-state index contributed by atoms with van der Waals surface area (Å²) < 4.78 is 14.9. The standard InChI is InChI=1S/C15H16O8/c1-4-12(17)22-11-7-9(15(19)20)6-10(21-8(3)16)14(11)23-13(18)5-2/h6-7H,4-5H2,1-3H3,(H,19,20). The van der Waals surface area contributed by atoms with Crippen LogP contribution in [-0.2, 0) is 14.4 Å². The number of esters is 3. The summed E-state index contributed by atoms with van der Waals surface area (Å²) in [7, 11) is 0. The van der Waals surface area contributed by atoms with E-state index < -0.39 is 23.9 Å². The second-order valence-corrected chi connectivity index (χ2v) is 4.36. The van der Waals surface area contributed by atoms with E-state index in [-0.39, 0.29) is 35.7 Å². The van der Waals surface area contributed by atoms with Crippen LogP contribution in [-0.4, -0.2) is 29.0 Å². The van der Waals surface area contributed by atoms with Crippen molar-refractivity contribution in [2.75, 3.05) is 0 Å². The topological polar surface area (TPSA) is 116 Å². The molecule has 0 heterocycles. The van der Waals surface area contributed by atoms with Gasteiger partial charge in [-0.3, -0.25) is 14.4 Å². The lowest BCUT2D eigenvalue weighted by molar-refractivity contribution is -0.137. The van der Waals surface area contributed by atoms with E-state index in [1.54, 1.807) is 0 Å². The number of rotatable bonds is 6. The van der Waals surface area contributed by atoms with Gasteiger partial charge in [0, 0.05) is 19.8 Å². The van der Waals surface area contributed by atoms with E-state index in [1.807, 2.05) is 0 Å². The largest absolute Gasteiger partial charge is 0.478 e. The summed E-state index contributed by atoms with van der Waals surface area (Å²) in [5, 5.41) is 9.09. The third-order valence-corrected chi connectivity index (χ3v) is 2.54. The van der Waals surface area contributed by atoms with E-state index in [9.17, 15) is 19.2 Å². The Bertz CT molecular complexity index is 647. The Morgan fingerprint density at radius 1 is 0.913 bits per heavy atom. The quantitative estimate of drug-likeness (QED) is 0.623.